The van der Waals surface area contributed by atoms with Crippen molar-refractivity contribution in [2.24, 2.45) is 0 Å². The fraction of sp³-hybridized carbons (Fsp3) is 0.611. The third-order valence-electron chi connectivity index (χ3n) is 5.46. The minimum atomic E-state index is -0.00965. The van der Waals surface area contributed by atoms with Gasteiger partial charge in [0.05, 0.1) is 12.1 Å². The average molecular weight is 286 g/mol. The van der Waals surface area contributed by atoms with Crippen LogP contribution in [0.25, 0.3) is 0 Å². The van der Waals surface area contributed by atoms with Crippen molar-refractivity contribution in [2.75, 3.05) is 20.1 Å². The monoisotopic (exact) mass is 286 g/mol. The summed E-state index contributed by atoms with van der Waals surface area (Å²) in [6, 6.07) is 9.31. The Bertz CT molecular complexity index is 546. The van der Waals surface area contributed by atoms with Gasteiger partial charge in [0.15, 0.2) is 0 Å². The summed E-state index contributed by atoms with van der Waals surface area (Å²) in [5, 5.41) is 0. The van der Waals surface area contributed by atoms with Gasteiger partial charge < -0.3 is 4.90 Å². The van der Waals surface area contributed by atoms with Gasteiger partial charge in [-0.1, -0.05) is 38.1 Å². The fourth-order valence-electron chi connectivity index (χ4n) is 4.37. The van der Waals surface area contributed by atoms with Gasteiger partial charge in [0, 0.05) is 19.4 Å². The number of hydrogen-bond donors (Lipinski definition) is 0. The third-order valence-corrected chi connectivity index (χ3v) is 5.46. The van der Waals surface area contributed by atoms with Crippen molar-refractivity contribution in [3.8, 4) is 0 Å². The van der Waals surface area contributed by atoms with E-state index in [1.54, 1.807) is 6.92 Å². The van der Waals surface area contributed by atoms with Crippen LogP contribution in [0.1, 0.15) is 50.8 Å². The molecule has 3 nitrogen and oxygen atoms in total. The van der Waals surface area contributed by atoms with Crippen LogP contribution < -0.4 is 0 Å². The Labute approximate surface area is 127 Å². The molecule has 2 aliphatic rings. The zero-order valence-electron chi connectivity index (χ0n) is 13.6. The standard InChI is InChI=1S/C18H26N2O/c1-13(21)19(4)17-16(20-11-7-8-12-20)14-9-5-6-10-15(14)18(17,2)3/h5-6,9-10,16-17H,7-8,11-12H2,1-4H3. The van der Waals surface area contributed by atoms with E-state index in [2.05, 4.69) is 43.0 Å². The molecule has 0 bridgehead atoms. The van der Waals surface area contributed by atoms with E-state index in [4.69, 9.17) is 0 Å². The van der Waals surface area contributed by atoms with E-state index in [0.717, 1.165) is 13.1 Å². The number of carbonyl (C=O) groups excluding carboxylic acids is 1. The molecule has 1 aromatic rings. The minimum Gasteiger partial charge on any atom is -0.340 e. The van der Waals surface area contributed by atoms with Crippen LogP contribution in [0, 0.1) is 0 Å². The summed E-state index contributed by atoms with van der Waals surface area (Å²) in [5.41, 5.74) is 2.81. The lowest BCUT2D eigenvalue weighted by Crippen LogP contribution is -2.50. The lowest BCUT2D eigenvalue weighted by molar-refractivity contribution is -0.132. The van der Waals surface area contributed by atoms with Crippen molar-refractivity contribution in [1.29, 1.82) is 0 Å². The molecular formula is C18H26N2O. The van der Waals surface area contributed by atoms with Crippen LogP contribution in [-0.4, -0.2) is 41.9 Å². The van der Waals surface area contributed by atoms with Crippen LogP contribution in [0.15, 0.2) is 24.3 Å². The first-order valence-corrected chi connectivity index (χ1v) is 8.01. The fourth-order valence-corrected chi connectivity index (χ4v) is 4.37. The molecule has 114 valence electrons. The van der Waals surface area contributed by atoms with Gasteiger partial charge in [-0.2, -0.15) is 0 Å². The number of fused-ring (bicyclic) bond motifs is 1. The van der Waals surface area contributed by atoms with Crippen LogP contribution in [0.4, 0.5) is 0 Å². The highest BCUT2D eigenvalue weighted by atomic mass is 16.2. The van der Waals surface area contributed by atoms with Gasteiger partial charge in [-0.15, -0.1) is 0 Å². The number of hydrogen-bond acceptors (Lipinski definition) is 2. The zero-order valence-corrected chi connectivity index (χ0v) is 13.6. The molecular weight excluding hydrogens is 260 g/mol. The molecule has 1 amide bonds. The van der Waals surface area contributed by atoms with Crippen molar-refractivity contribution in [3.63, 3.8) is 0 Å². The number of amides is 1. The molecule has 2 unspecified atom stereocenters. The first-order valence-electron chi connectivity index (χ1n) is 8.01. The van der Waals surface area contributed by atoms with E-state index >= 15 is 0 Å². The third kappa shape index (κ3) is 2.18. The Morgan fingerprint density at radius 1 is 1.24 bits per heavy atom. The largest absolute Gasteiger partial charge is 0.340 e. The van der Waals surface area contributed by atoms with Crippen LogP contribution in [-0.2, 0) is 10.2 Å². The molecule has 2 atom stereocenters. The van der Waals surface area contributed by atoms with Crippen molar-refractivity contribution < 1.29 is 4.79 Å². The quantitative estimate of drug-likeness (QED) is 0.834. The van der Waals surface area contributed by atoms with E-state index in [1.165, 1.54) is 24.0 Å². The number of benzene rings is 1. The lowest BCUT2D eigenvalue weighted by Gasteiger charge is -2.41. The van der Waals surface area contributed by atoms with Crippen LogP contribution >= 0.6 is 0 Å². The average Bonchev–Trinajstić information content (AvgIpc) is 3.03. The molecule has 1 saturated heterocycles. The second-order valence-corrected chi connectivity index (χ2v) is 7.07. The number of likely N-dealkylation sites (tertiary alicyclic amines) is 1. The SMILES string of the molecule is CC(=O)N(C)C1C(N2CCCC2)c2ccccc2C1(C)C. The van der Waals surface area contributed by atoms with E-state index in [0.29, 0.717) is 6.04 Å². The number of carbonyl (C=O) groups is 1. The topological polar surface area (TPSA) is 23.6 Å². The van der Waals surface area contributed by atoms with Gasteiger partial charge in [0.2, 0.25) is 5.91 Å². The van der Waals surface area contributed by atoms with E-state index in [1.807, 2.05) is 11.9 Å². The second-order valence-electron chi connectivity index (χ2n) is 7.07. The first-order chi connectivity index (χ1) is 9.94. The molecule has 1 fully saturated rings. The summed E-state index contributed by atoms with van der Waals surface area (Å²) in [4.78, 5) is 16.6. The predicted molar refractivity (Wildman–Crippen MR) is 85.2 cm³/mol. The summed E-state index contributed by atoms with van der Waals surface area (Å²) in [6.45, 7) is 8.55. The van der Waals surface area contributed by atoms with Gasteiger partial charge >= 0.3 is 0 Å². The van der Waals surface area contributed by atoms with Crippen molar-refractivity contribution in [2.45, 2.75) is 51.1 Å². The minimum absolute atomic E-state index is 0.00965. The van der Waals surface area contributed by atoms with Gasteiger partial charge in [0.1, 0.15) is 0 Å². The highest BCUT2D eigenvalue weighted by Gasteiger charge is 2.51. The van der Waals surface area contributed by atoms with Crippen LogP contribution in [0.5, 0.6) is 0 Å². The van der Waals surface area contributed by atoms with Crippen molar-refractivity contribution >= 4 is 5.91 Å². The smallest absolute Gasteiger partial charge is 0.219 e. The molecule has 0 spiro atoms. The van der Waals surface area contributed by atoms with Gasteiger partial charge in [0.25, 0.3) is 0 Å². The predicted octanol–water partition coefficient (Wildman–Crippen LogP) is 2.96. The Morgan fingerprint density at radius 3 is 2.48 bits per heavy atom. The molecule has 1 aliphatic carbocycles. The van der Waals surface area contributed by atoms with Crippen LogP contribution in [0.3, 0.4) is 0 Å². The maximum atomic E-state index is 12.0. The number of rotatable bonds is 2. The molecule has 0 N–H and O–H groups in total. The molecule has 21 heavy (non-hydrogen) atoms. The molecule has 0 aromatic heterocycles. The normalized spacial score (nSPS) is 27.6. The van der Waals surface area contributed by atoms with Crippen molar-refractivity contribution in [3.05, 3.63) is 35.4 Å². The molecule has 1 aromatic carbocycles. The Balaban J connectivity index is 2.10. The summed E-state index contributed by atoms with van der Waals surface area (Å²) < 4.78 is 0. The van der Waals surface area contributed by atoms with E-state index in [-0.39, 0.29) is 17.4 Å². The Hall–Kier alpha value is -1.35. The Kier molecular flexibility index (Phi) is 3.56. The molecule has 3 heteroatoms. The van der Waals surface area contributed by atoms with Crippen molar-refractivity contribution in [1.82, 2.24) is 9.80 Å². The summed E-state index contributed by atoms with van der Waals surface area (Å²) in [7, 11) is 1.96. The van der Waals surface area contributed by atoms with Gasteiger partial charge in [-0.05, 0) is 37.1 Å². The van der Waals surface area contributed by atoms with Gasteiger partial charge in [-0.3, -0.25) is 9.69 Å². The molecule has 0 radical (unpaired) electrons. The maximum absolute atomic E-state index is 12.0. The van der Waals surface area contributed by atoms with E-state index < -0.39 is 0 Å². The highest BCUT2D eigenvalue weighted by molar-refractivity contribution is 5.74. The molecule has 0 saturated carbocycles. The molecule has 3 rings (SSSR count). The maximum Gasteiger partial charge on any atom is 0.219 e. The summed E-state index contributed by atoms with van der Waals surface area (Å²) in [5.74, 6) is 0.157. The zero-order chi connectivity index (χ0) is 15.2. The molecule has 1 heterocycles. The van der Waals surface area contributed by atoms with E-state index in [9.17, 15) is 4.79 Å². The van der Waals surface area contributed by atoms with Crippen LogP contribution in [0.2, 0.25) is 0 Å². The summed E-state index contributed by atoms with van der Waals surface area (Å²) in [6.07, 6.45) is 2.55. The highest BCUT2D eigenvalue weighted by Crippen LogP contribution is 2.50. The number of likely N-dealkylation sites (N-methyl/N-ethyl adjacent to an activating group) is 1. The number of nitrogens with zero attached hydrogens (tertiary/aromatic N) is 2. The molecule has 1 aliphatic heterocycles. The second kappa shape index (κ2) is 5.13. The van der Waals surface area contributed by atoms with Gasteiger partial charge in [-0.25, -0.2) is 0 Å². The first kappa shape index (κ1) is 14.6. The Morgan fingerprint density at radius 2 is 1.86 bits per heavy atom. The summed E-state index contributed by atoms with van der Waals surface area (Å²) >= 11 is 0. The lowest BCUT2D eigenvalue weighted by atomic mass is 9.81.